The van der Waals surface area contributed by atoms with E-state index >= 15 is 0 Å². The summed E-state index contributed by atoms with van der Waals surface area (Å²) >= 11 is 7.56. The van der Waals surface area contributed by atoms with E-state index in [9.17, 15) is 9.90 Å². The van der Waals surface area contributed by atoms with Crippen molar-refractivity contribution in [2.45, 2.75) is 104 Å². The van der Waals surface area contributed by atoms with Crippen molar-refractivity contribution in [1.29, 1.82) is 0 Å². The van der Waals surface area contributed by atoms with Crippen molar-refractivity contribution in [2.75, 3.05) is 31.2 Å². The maximum absolute atomic E-state index is 12.1. The average Bonchev–Trinajstić information content (AvgIpc) is 2.70. The van der Waals surface area contributed by atoms with E-state index in [4.69, 9.17) is 21.5 Å². The van der Waals surface area contributed by atoms with Gasteiger partial charge in [-0.25, -0.2) is 0 Å². The topological polar surface area (TPSA) is 89.8 Å². The van der Waals surface area contributed by atoms with Gasteiger partial charge in [-0.05, 0) is 0 Å². The SMILES string of the molecule is CCCCP(Cl)(CCCC)(CCCC)CCCNC(=O)CCC(O)CCC(O)O. The molecule has 0 heterocycles. The number of hydrogen-bond donors (Lipinski definition) is 4. The molecule has 0 fully saturated rings. The summed E-state index contributed by atoms with van der Waals surface area (Å²) in [6, 6.07) is 0. The summed E-state index contributed by atoms with van der Waals surface area (Å²) in [5.41, 5.74) is 0. The van der Waals surface area contributed by atoms with Crippen LogP contribution in [0.1, 0.15) is 91.4 Å². The first-order valence-corrected chi connectivity index (χ1v) is 15.6. The Morgan fingerprint density at radius 1 is 0.828 bits per heavy atom. The summed E-state index contributed by atoms with van der Waals surface area (Å²) in [4.78, 5) is 12.1. The summed E-state index contributed by atoms with van der Waals surface area (Å²) in [6.07, 6.45) is 11.5. The standard InChI is InChI=1S/C22H47ClNO4P/c1-4-7-16-29(23,17-8-5-2,18-9-6-3)19-10-15-24-21(26)13-11-20(25)12-14-22(27)28/h20,22,25,27-28H,4-19H2,1-3H3,(H,24,26). The average molecular weight is 456 g/mol. The Balaban J connectivity index is 4.51. The fourth-order valence-corrected chi connectivity index (χ4v) is 10.9. The Labute approximate surface area is 183 Å². The van der Waals surface area contributed by atoms with Crippen LogP contribution in [0, 0.1) is 0 Å². The van der Waals surface area contributed by atoms with E-state index in [1.807, 2.05) is 0 Å². The van der Waals surface area contributed by atoms with Crippen molar-refractivity contribution in [3.05, 3.63) is 0 Å². The summed E-state index contributed by atoms with van der Waals surface area (Å²) < 4.78 is 0. The fourth-order valence-electron chi connectivity index (χ4n) is 3.90. The second-order valence-electron chi connectivity index (χ2n) is 8.73. The first kappa shape index (κ1) is 29.1. The van der Waals surface area contributed by atoms with Crippen LogP contribution in [0.5, 0.6) is 0 Å². The zero-order chi connectivity index (χ0) is 22.2. The number of aliphatic hydroxyl groups is 3. The van der Waals surface area contributed by atoms with Crippen molar-refractivity contribution in [2.24, 2.45) is 0 Å². The van der Waals surface area contributed by atoms with Gasteiger partial charge in [0.15, 0.2) is 0 Å². The second kappa shape index (κ2) is 15.8. The van der Waals surface area contributed by atoms with Gasteiger partial charge in [0.1, 0.15) is 0 Å². The van der Waals surface area contributed by atoms with Crippen LogP contribution in [-0.4, -0.2) is 64.8 Å². The third-order valence-corrected chi connectivity index (χ3v) is 13.7. The number of nitrogens with one attached hydrogen (secondary N) is 1. The van der Waals surface area contributed by atoms with E-state index in [0.29, 0.717) is 13.0 Å². The van der Waals surface area contributed by atoms with E-state index in [-0.39, 0.29) is 25.2 Å². The summed E-state index contributed by atoms with van der Waals surface area (Å²) in [5, 5.41) is 30.4. The van der Waals surface area contributed by atoms with Crippen molar-refractivity contribution in [3.63, 3.8) is 0 Å². The molecule has 0 bridgehead atoms. The molecule has 0 aliphatic heterocycles. The number of carbonyl (C=O) groups is 1. The van der Waals surface area contributed by atoms with E-state index < -0.39 is 18.4 Å². The van der Waals surface area contributed by atoms with E-state index in [1.165, 1.54) is 57.0 Å². The molecule has 0 saturated carbocycles. The molecular formula is C22H47ClNO4P. The molecule has 0 aliphatic rings. The van der Waals surface area contributed by atoms with Gasteiger partial charge in [0.2, 0.25) is 0 Å². The summed E-state index contributed by atoms with van der Waals surface area (Å²) in [7, 11) is 0. The molecule has 29 heavy (non-hydrogen) atoms. The number of halogens is 1. The molecule has 4 N–H and O–H groups in total. The molecule has 0 rings (SSSR count). The third-order valence-electron chi connectivity index (χ3n) is 5.89. The van der Waals surface area contributed by atoms with Gasteiger partial charge in [-0.15, -0.1) is 0 Å². The minimum absolute atomic E-state index is 0.0563. The van der Waals surface area contributed by atoms with E-state index in [2.05, 4.69) is 26.1 Å². The second-order valence-corrected chi connectivity index (χ2v) is 17.0. The van der Waals surface area contributed by atoms with Crippen LogP contribution >= 0.6 is 17.2 Å². The molecular weight excluding hydrogens is 409 g/mol. The Morgan fingerprint density at radius 3 is 1.76 bits per heavy atom. The normalized spacial score (nSPS) is 14.6. The molecule has 0 aliphatic carbocycles. The van der Waals surface area contributed by atoms with Gasteiger partial charge in [0.05, 0.1) is 0 Å². The van der Waals surface area contributed by atoms with Gasteiger partial charge in [-0.2, -0.15) is 0 Å². The molecule has 0 spiro atoms. The fraction of sp³-hybridized carbons (Fsp3) is 0.955. The van der Waals surface area contributed by atoms with E-state index in [1.54, 1.807) is 0 Å². The molecule has 0 saturated heterocycles. The van der Waals surface area contributed by atoms with Gasteiger partial charge >= 0.3 is 184 Å². The Hall–Kier alpha value is 0.0700. The quantitative estimate of drug-likeness (QED) is 0.127. The number of unbranched alkanes of at least 4 members (excludes halogenated alkanes) is 3. The van der Waals surface area contributed by atoms with Crippen LogP contribution in [0.3, 0.4) is 0 Å². The predicted octanol–water partition coefficient (Wildman–Crippen LogP) is 4.83. The van der Waals surface area contributed by atoms with Crippen molar-refractivity contribution >= 4 is 23.1 Å². The molecule has 0 aromatic carbocycles. The van der Waals surface area contributed by atoms with Crippen molar-refractivity contribution < 1.29 is 20.1 Å². The molecule has 0 aromatic rings. The van der Waals surface area contributed by atoms with Gasteiger partial charge in [-0.1, -0.05) is 0 Å². The number of carbonyl (C=O) groups excluding carboxylic acids is 1. The van der Waals surface area contributed by atoms with Gasteiger partial charge in [0, 0.05) is 0 Å². The number of rotatable bonds is 19. The zero-order valence-corrected chi connectivity index (χ0v) is 20.7. The molecule has 5 nitrogen and oxygen atoms in total. The number of aliphatic hydroxyl groups excluding tert-OH is 2. The zero-order valence-electron chi connectivity index (χ0n) is 19.0. The van der Waals surface area contributed by atoms with Crippen LogP contribution in [0.15, 0.2) is 0 Å². The van der Waals surface area contributed by atoms with Gasteiger partial charge in [0.25, 0.3) is 0 Å². The molecule has 176 valence electrons. The molecule has 1 amide bonds. The molecule has 0 radical (unpaired) electrons. The summed E-state index contributed by atoms with van der Waals surface area (Å²) in [5.74, 6) is -2.30. The first-order valence-electron chi connectivity index (χ1n) is 11.7. The Kier molecular flexibility index (Phi) is 15.8. The number of hydrogen-bond acceptors (Lipinski definition) is 4. The van der Waals surface area contributed by atoms with Crippen LogP contribution in [0.4, 0.5) is 0 Å². The predicted molar refractivity (Wildman–Crippen MR) is 127 cm³/mol. The van der Waals surface area contributed by atoms with Crippen molar-refractivity contribution in [3.8, 4) is 0 Å². The Morgan fingerprint density at radius 2 is 1.31 bits per heavy atom. The van der Waals surface area contributed by atoms with Crippen LogP contribution < -0.4 is 5.32 Å². The van der Waals surface area contributed by atoms with Crippen LogP contribution in [0.2, 0.25) is 0 Å². The molecule has 7 heteroatoms. The molecule has 0 aromatic heterocycles. The first-order chi connectivity index (χ1) is 13.7. The molecule has 1 atom stereocenters. The third kappa shape index (κ3) is 13.9. The summed E-state index contributed by atoms with van der Waals surface area (Å²) in [6.45, 7) is 7.33. The number of amides is 1. The van der Waals surface area contributed by atoms with Crippen LogP contribution in [-0.2, 0) is 4.79 Å². The minimum atomic E-state index is -2.24. The van der Waals surface area contributed by atoms with Gasteiger partial charge < -0.3 is 0 Å². The van der Waals surface area contributed by atoms with E-state index in [0.717, 1.165) is 12.6 Å². The Bertz CT molecular complexity index is 413. The van der Waals surface area contributed by atoms with Crippen molar-refractivity contribution in [1.82, 2.24) is 5.32 Å². The van der Waals surface area contributed by atoms with Gasteiger partial charge in [-0.3, -0.25) is 0 Å². The monoisotopic (exact) mass is 455 g/mol. The maximum atomic E-state index is 12.1. The molecule has 1 unspecified atom stereocenters. The van der Waals surface area contributed by atoms with Crippen LogP contribution in [0.25, 0.3) is 0 Å².